The number of halogens is 6. The molecule has 0 spiro atoms. The van der Waals surface area contributed by atoms with E-state index < -0.39 is 29.2 Å². The maximum Gasteiger partial charge on any atom is 0.418 e. The maximum atomic E-state index is 12.7. The SMILES string of the molecule is FC(F)(F)c1ccc(C(F)(F)F)c(NC2=NCCO2)c1. The summed E-state index contributed by atoms with van der Waals surface area (Å²) in [4.78, 5) is 3.68. The van der Waals surface area contributed by atoms with Crippen molar-refractivity contribution in [2.24, 2.45) is 4.99 Å². The molecule has 0 saturated carbocycles. The second kappa shape index (κ2) is 4.88. The van der Waals surface area contributed by atoms with E-state index >= 15 is 0 Å². The standard InChI is InChI=1S/C11H8F6N2O/c12-10(13,14)6-1-2-7(11(15,16)17)8(5-6)19-9-18-3-4-20-9/h1-2,5H,3-4H2,(H,18,19). The molecular formula is C11H8F6N2O. The van der Waals surface area contributed by atoms with Gasteiger partial charge in [0, 0.05) is 0 Å². The molecule has 0 saturated heterocycles. The summed E-state index contributed by atoms with van der Waals surface area (Å²) in [7, 11) is 0. The Labute approximate surface area is 109 Å². The summed E-state index contributed by atoms with van der Waals surface area (Å²) in [5.41, 5.74) is -3.15. The van der Waals surface area contributed by atoms with Crippen LogP contribution in [0.15, 0.2) is 23.2 Å². The third-order valence-corrected chi connectivity index (χ3v) is 2.48. The molecule has 2 rings (SSSR count). The highest BCUT2D eigenvalue weighted by atomic mass is 19.4. The van der Waals surface area contributed by atoms with Crippen LogP contribution < -0.4 is 5.32 Å². The molecule has 1 heterocycles. The predicted molar refractivity (Wildman–Crippen MR) is 58.3 cm³/mol. The molecule has 0 aromatic heterocycles. The van der Waals surface area contributed by atoms with Crippen LogP contribution in [-0.4, -0.2) is 19.2 Å². The molecule has 3 nitrogen and oxygen atoms in total. The van der Waals surface area contributed by atoms with Crippen LogP contribution in [0.5, 0.6) is 0 Å². The van der Waals surface area contributed by atoms with Crippen LogP contribution in [0.1, 0.15) is 11.1 Å². The monoisotopic (exact) mass is 298 g/mol. The topological polar surface area (TPSA) is 33.6 Å². The van der Waals surface area contributed by atoms with Crippen LogP contribution in [0.2, 0.25) is 0 Å². The van der Waals surface area contributed by atoms with Gasteiger partial charge in [-0.15, -0.1) is 0 Å². The number of anilines is 1. The number of hydrogen-bond donors (Lipinski definition) is 1. The van der Waals surface area contributed by atoms with Gasteiger partial charge in [0.2, 0.25) is 0 Å². The molecule has 0 atom stereocenters. The van der Waals surface area contributed by atoms with E-state index in [1.807, 2.05) is 0 Å². The molecule has 0 radical (unpaired) electrons. The summed E-state index contributed by atoms with van der Waals surface area (Å²) in [6, 6.07) is 0.911. The number of alkyl halides is 6. The Kier molecular flexibility index (Phi) is 3.53. The third kappa shape index (κ3) is 3.14. The van der Waals surface area contributed by atoms with E-state index in [-0.39, 0.29) is 19.2 Å². The molecule has 9 heteroatoms. The van der Waals surface area contributed by atoms with E-state index in [0.717, 1.165) is 0 Å². The Balaban J connectivity index is 2.42. The summed E-state index contributed by atoms with van der Waals surface area (Å²) < 4.78 is 80.7. The first-order valence-electron chi connectivity index (χ1n) is 5.40. The van der Waals surface area contributed by atoms with Gasteiger partial charge in [0.25, 0.3) is 6.02 Å². The van der Waals surface area contributed by atoms with E-state index in [1.165, 1.54) is 0 Å². The van der Waals surface area contributed by atoms with Crippen molar-refractivity contribution < 1.29 is 31.1 Å². The number of ether oxygens (including phenoxy) is 1. The molecule has 0 unspecified atom stereocenters. The molecular weight excluding hydrogens is 290 g/mol. The lowest BCUT2D eigenvalue weighted by molar-refractivity contribution is -0.140. The van der Waals surface area contributed by atoms with E-state index in [1.54, 1.807) is 0 Å². The van der Waals surface area contributed by atoms with Gasteiger partial charge in [-0.3, -0.25) is 0 Å². The van der Waals surface area contributed by atoms with Crippen molar-refractivity contribution in [1.82, 2.24) is 0 Å². The van der Waals surface area contributed by atoms with Crippen LogP contribution in [0.4, 0.5) is 32.0 Å². The molecule has 0 aliphatic carbocycles. The van der Waals surface area contributed by atoms with Gasteiger partial charge in [-0.1, -0.05) is 0 Å². The number of nitrogens with one attached hydrogen (secondary N) is 1. The largest absolute Gasteiger partial charge is 0.463 e. The molecule has 1 aliphatic heterocycles. The number of benzene rings is 1. The van der Waals surface area contributed by atoms with E-state index in [2.05, 4.69) is 10.3 Å². The molecule has 0 amide bonds. The summed E-state index contributed by atoms with van der Waals surface area (Å²) in [6.07, 6.45) is -9.52. The quantitative estimate of drug-likeness (QED) is 0.805. The maximum absolute atomic E-state index is 12.7. The van der Waals surface area contributed by atoms with Gasteiger partial charge in [0.05, 0.1) is 23.4 Å². The summed E-state index contributed by atoms with van der Waals surface area (Å²) in [6.45, 7) is 0.408. The Morgan fingerprint density at radius 2 is 1.75 bits per heavy atom. The zero-order valence-corrected chi connectivity index (χ0v) is 9.77. The van der Waals surface area contributed by atoms with Crippen LogP contribution >= 0.6 is 0 Å². The van der Waals surface area contributed by atoms with E-state index in [4.69, 9.17) is 4.74 Å². The highest BCUT2D eigenvalue weighted by molar-refractivity contribution is 5.90. The first-order chi connectivity index (χ1) is 9.18. The number of nitrogens with zero attached hydrogens (tertiary/aromatic N) is 1. The molecule has 1 aromatic rings. The van der Waals surface area contributed by atoms with Gasteiger partial charge in [-0.05, 0) is 18.2 Å². The summed E-state index contributed by atoms with van der Waals surface area (Å²) in [5.74, 6) is 0. The molecule has 0 fully saturated rings. The number of rotatable bonds is 1. The smallest absolute Gasteiger partial charge is 0.418 e. The normalized spacial score (nSPS) is 15.8. The van der Waals surface area contributed by atoms with Crippen LogP contribution in [-0.2, 0) is 17.1 Å². The molecule has 1 aromatic carbocycles. The molecule has 1 N–H and O–H groups in total. The molecule has 20 heavy (non-hydrogen) atoms. The second-order valence-electron chi connectivity index (χ2n) is 3.92. The van der Waals surface area contributed by atoms with E-state index in [9.17, 15) is 26.3 Å². The highest BCUT2D eigenvalue weighted by Gasteiger charge is 2.37. The van der Waals surface area contributed by atoms with Gasteiger partial charge in [0.15, 0.2) is 0 Å². The van der Waals surface area contributed by atoms with Crippen molar-refractivity contribution in [3.05, 3.63) is 29.3 Å². The van der Waals surface area contributed by atoms with Crippen molar-refractivity contribution in [2.75, 3.05) is 18.5 Å². The fourth-order valence-electron chi connectivity index (χ4n) is 1.60. The van der Waals surface area contributed by atoms with Crippen molar-refractivity contribution in [3.8, 4) is 0 Å². The zero-order chi connectivity index (χ0) is 15.0. The van der Waals surface area contributed by atoms with Crippen molar-refractivity contribution >= 4 is 11.7 Å². The van der Waals surface area contributed by atoms with Gasteiger partial charge < -0.3 is 10.1 Å². The summed E-state index contributed by atoms with van der Waals surface area (Å²) >= 11 is 0. The predicted octanol–water partition coefficient (Wildman–Crippen LogP) is 3.52. The van der Waals surface area contributed by atoms with E-state index in [0.29, 0.717) is 18.2 Å². The molecule has 110 valence electrons. The van der Waals surface area contributed by atoms with Crippen LogP contribution in [0, 0.1) is 0 Å². The van der Waals surface area contributed by atoms with Crippen LogP contribution in [0.25, 0.3) is 0 Å². The van der Waals surface area contributed by atoms with Gasteiger partial charge in [0.1, 0.15) is 6.61 Å². The lowest BCUT2D eigenvalue weighted by Crippen LogP contribution is -2.18. The summed E-state index contributed by atoms with van der Waals surface area (Å²) in [5, 5.41) is 2.14. The fraction of sp³-hybridized carbons (Fsp3) is 0.364. The first kappa shape index (κ1) is 14.5. The minimum Gasteiger partial charge on any atom is -0.463 e. The second-order valence-corrected chi connectivity index (χ2v) is 3.92. The van der Waals surface area contributed by atoms with Gasteiger partial charge >= 0.3 is 12.4 Å². The Hall–Kier alpha value is -1.93. The number of amidine groups is 1. The Bertz CT molecular complexity index is 535. The van der Waals surface area contributed by atoms with Gasteiger partial charge in [-0.2, -0.15) is 26.3 Å². The number of aliphatic imine (C=N–C) groups is 1. The third-order valence-electron chi connectivity index (χ3n) is 2.48. The zero-order valence-electron chi connectivity index (χ0n) is 9.77. The van der Waals surface area contributed by atoms with Crippen molar-refractivity contribution in [1.29, 1.82) is 0 Å². The minimum atomic E-state index is -4.79. The Morgan fingerprint density at radius 3 is 2.25 bits per heavy atom. The lowest BCUT2D eigenvalue weighted by atomic mass is 10.1. The highest BCUT2D eigenvalue weighted by Crippen LogP contribution is 2.39. The Morgan fingerprint density at radius 1 is 1.05 bits per heavy atom. The fourth-order valence-corrected chi connectivity index (χ4v) is 1.60. The molecule has 1 aliphatic rings. The minimum absolute atomic E-state index is 0.169. The average Bonchev–Trinajstić information content (AvgIpc) is 2.79. The average molecular weight is 298 g/mol. The van der Waals surface area contributed by atoms with Crippen molar-refractivity contribution in [2.45, 2.75) is 12.4 Å². The first-order valence-corrected chi connectivity index (χ1v) is 5.40. The number of hydrogen-bond acceptors (Lipinski definition) is 3. The van der Waals surface area contributed by atoms with Gasteiger partial charge in [-0.25, -0.2) is 4.99 Å². The lowest BCUT2D eigenvalue weighted by Gasteiger charge is -2.16. The van der Waals surface area contributed by atoms with Crippen LogP contribution in [0.3, 0.4) is 0 Å². The van der Waals surface area contributed by atoms with Crippen molar-refractivity contribution in [3.63, 3.8) is 0 Å². The molecule has 0 bridgehead atoms.